The number of hydrogen-bond acceptors (Lipinski definition) is 3. The minimum Gasteiger partial charge on any atom is -0.339 e. The number of rotatable bonds is 7. The van der Waals surface area contributed by atoms with Crippen molar-refractivity contribution in [1.82, 2.24) is 9.47 Å². The van der Waals surface area contributed by atoms with E-state index in [1.54, 1.807) is 0 Å². The molecule has 1 heterocycles. The third-order valence-electron chi connectivity index (χ3n) is 5.54. The SMILES string of the molecule is CC(=O)C(Cl)c1ccc2c(c1)c1cc(C(Cl)C(C)=O)ccc1n2CC(C)N(C)C. The lowest BCUT2D eigenvalue weighted by atomic mass is 10.0. The van der Waals surface area contributed by atoms with Crippen LogP contribution in [0.1, 0.15) is 42.7 Å². The van der Waals surface area contributed by atoms with Crippen molar-refractivity contribution >= 4 is 56.6 Å². The van der Waals surface area contributed by atoms with Crippen LogP contribution in [0, 0.1) is 0 Å². The van der Waals surface area contributed by atoms with Crippen LogP contribution in [0.4, 0.5) is 0 Å². The number of carbonyl (C=O) groups is 2. The first-order valence-electron chi connectivity index (χ1n) is 9.63. The van der Waals surface area contributed by atoms with Crippen LogP contribution < -0.4 is 0 Å². The van der Waals surface area contributed by atoms with Gasteiger partial charge in [0.15, 0.2) is 11.6 Å². The lowest BCUT2D eigenvalue weighted by Crippen LogP contribution is -2.29. The third-order valence-corrected chi connectivity index (χ3v) is 6.66. The minimum atomic E-state index is -0.681. The van der Waals surface area contributed by atoms with Gasteiger partial charge in [0.25, 0.3) is 0 Å². The molecule has 0 aliphatic carbocycles. The third kappa shape index (κ3) is 4.20. The molecule has 0 saturated carbocycles. The summed E-state index contributed by atoms with van der Waals surface area (Å²) in [6.07, 6.45) is 0. The lowest BCUT2D eigenvalue weighted by molar-refractivity contribution is -0.117. The number of carbonyl (C=O) groups excluding carboxylic acids is 2. The number of aromatic nitrogens is 1. The predicted octanol–water partition coefficient (Wildman–Crippen LogP) is 5.48. The Labute approximate surface area is 181 Å². The zero-order chi connectivity index (χ0) is 21.5. The molecule has 0 fully saturated rings. The molecule has 0 amide bonds. The number of fused-ring (bicyclic) bond motifs is 3. The molecule has 0 aliphatic rings. The first-order valence-corrected chi connectivity index (χ1v) is 10.5. The summed E-state index contributed by atoms with van der Waals surface area (Å²) in [4.78, 5) is 25.8. The largest absolute Gasteiger partial charge is 0.339 e. The molecule has 154 valence electrons. The van der Waals surface area contributed by atoms with Gasteiger partial charge in [-0.3, -0.25) is 9.59 Å². The van der Waals surface area contributed by atoms with Crippen LogP contribution in [-0.2, 0) is 16.1 Å². The van der Waals surface area contributed by atoms with E-state index in [1.807, 2.05) is 36.4 Å². The second-order valence-corrected chi connectivity index (χ2v) is 8.80. The monoisotopic (exact) mass is 432 g/mol. The second-order valence-electron chi connectivity index (χ2n) is 7.92. The van der Waals surface area contributed by atoms with Crippen molar-refractivity contribution in [3.8, 4) is 0 Å². The molecule has 0 saturated heterocycles. The average molecular weight is 433 g/mol. The Balaban J connectivity index is 2.28. The maximum absolute atomic E-state index is 11.8. The Kier molecular flexibility index (Phi) is 6.37. The summed E-state index contributed by atoms with van der Waals surface area (Å²) in [5.41, 5.74) is 3.67. The molecular weight excluding hydrogens is 407 g/mol. The van der Waals surface area contributed by atoms with E-state index >= 15 is 0 Å². The van der Waals surface area contributed by atoms with E-state index in [1.165, 1.54) is 13.8 Å². The number of benzene rings is 2. The Morgan fingerprint density at radius 1 is 0.897 bits per heavy atom. The highest BCUT2D eigenvalue weighted by atomic mass is 35.5. The zero-order valence-electron chi connectivity index (χ0n) is 17.4. The molecule has 4 nitrogen and oxygen atoms in total. The van der Waals surface area contributed by atoms with Gasteiger partial charge >= 0.3 is 0 Å². The van der Waals surface area contributed by atoms with Gasteiger partial charge in [0.05, 0.1) is 0 Å². The van der Waals surface area contributed by atoms with Crippen molar-refractivity contribution in [3.63, 3.8) is 0 Å². The number of likely N-dealkylation sites (N-methyl/N-ethyl adjacent to an activating group) is 1. The Hall–Kier alpha value is -1.88. The summed E-state index contributed by atoms with van der Waals surface area (Å²) in [5.74, 6) is -0.178. The highest BCUT2D eigenvalue weighted by molar-refractivity contribution is 6.31. The van der Waals surface area contributed by atoms with Crippen LogP contribution in [0.3, 0.4) is 0 Å². The van der Waals surface area contributed by atoms with Crippen molar-refractivity contribution in [2.24, 2.45) is 0 Å². The summed E-state index contributed by atoms with van der Waals surface area (Å²) in [6, 6.07) is 12.2. The standard InChI is InChI=1S/C23H26Cl2N2O2/c1-13(26(4)5)12-27-20-8-6-16(22(24)14(2)28)10-18(20)19-11-17(7-9-21(19)27)23(25)15(3)29/h6-11,13,22-23H,12H2,1-5H3. The highest BCUT2D eigenvalue weighted by Crippen LogP contribution is 2.35. The zero-order valence-corrected chi connectivity index (χ0v) is 18.9. The topological polar surface area (TPSA) is 42.3 Å². The summed E-state index contributed by atoms with van der Waals surface area (Å²) >= 11 is 12.6. The van der Waals surface area contributed by atoms with Gasteiger partial charge in [-0.2, -0.15) is 0 Å². The van der Waals surface area contributed by atoms with Crippen molar-refractivity contribution in [2.45, 2.75) is 44.1 Å². The van der Waals surface area contributed by atoms with Crippen LogP contribution >= 0.6 is 23.2 Å². The van der Waals surface area contributed by atoms with Crippen LogP contribution in [0.15, 0.2) is 36.4 Å². The van der Waals surface area contributed by atoms with Gasteiger partial charge < -0.3 is 9.47 Å². The van der Waals surface area contributed by atoms with Crippen LogP contribution in [0.25, 0.3) is 21.8 Å². The lowest BCUT2D eigenvalue weighted by Gasteiger charge is -2.21. The van der Waals surface area contributed by atoms with Gasteiger partial charge in [-0.15, -0.1) is 23.2 Å². The predicted molar refractivity (Wildman–Crippen MR) is 121 cm³/mol. The van der Waals surface area contributed by atoms with Gasteiger partial charge in [0.2, 0.25) is 0 Å². The molecule has 0 bridgehead atoms. The van der Waals surface area contributed by atoms with Gasteiger partial charge in [-0.25, -0.2) is 0 Å². The van der Waals surface area contributed by atoms with E-state index in [0.717, 1.165) is 39.5 Å². The maximum atomic E-state index is 11.8. The normalized spacial score (nSPS) is 15.0. The van der Waals surface area contributed by atoms with Gasteiger partial charge in [0, 0.05) is 34.4 Å². The van der Waals surface area contributed by atoms with Gasteiger partial charge in [0.1, 0.15) is 10.8 Å². The molecule has 3 aromatic rings. The van der Waals surface area contributed by atoms with Crippen LogP contribution in [0.2, 0.25) is 0 Å². The fourth-order valence-electron chi connectivity index (χ4n) is 3.55. The minimum absolute atomic E-state index is 0.0888. The Bertz CT molecular complexity index is 1010. The molecule has 0 radical (unpaired) electrons. The molecule has 3 rings (SSSR count). The van der Waals surface area contributed by atoms with E-state index in [9.17, 15) is 9.59 Å². The van der Waals surface area contributed by atoms with E-state index < -0.39 is 10.8 Å². The van der Waals surface area contributed by atoms with Crippen molar-refractivity contribution in [2.75, 3.05) is 14.1 Å². The van der Waals surface area contributed by atoms with E-state index in [0.29, 0.717) is 6.04 Å². The summed E-state index contributed by atoms with van der Waals surface area (Å²) < 4.78 is 2.27. The summed E-state index contributed by atoms with van der Waals surface area (Å²) in [5, 5.41) is 0.647. The molecule has 1 aromatic heterocycles. The van der Waals surface area contributed by atoms with Crippen molar-refractivity contribution in [3.05, 3.63) is 47.5 Å². The molecule has 29 heavy (non-hydrogen) atoms. The Morgan fingerprint density at radius 2 is 1.31 bits per heavy atom. The fraction of sp³-hybridized carbons (Fsp3) is 0.391. The van der Waals surface area contributed by atoms with Crippen molar-refractivity contribution in [1.29, 1.82) is 0 Å². The molecule has 0 N–H and O–H groups in total. The molecule has 0 aliphatic heterocycles. The van der Waals surface area contributed by atoms with Gasteiger partial charge in [-0.05, 0) is 70.3 Å². The highest BCUT2D eigenvalue weighted by Gasteiger charge is 2.20. The number of alkyl halides is 2. The molecule has 0 spiro atoms. The fourth-order valence-corrected chi connectivity index (χ4v) is 3.82. The number of halogens is 2. The number of hydrogen-bond donors (Lipinski definition) is 0. The molecule has 6 heteroatoms. The van der Waals surface area contributed by atoms with E-state index in [-0.39, 0.29) is 11.6 Å². The molecular formula is C23H26Cl2N2O2. The first kappa shape index (κ1) is 21.8. The van der Waals surface area contributed by atoms with E-state index in [4.69, 9.17) is 23.2 Å². The van der Waals surface area contributed by atoms with Crippen molar-refractivity contribution < 1.29 is 9.59 Å². The number of nitrogens with zero attached hydrogens (tertiary/aromatic N) is 2. The molecule has 3 atom stereocenters. The van der Waals surface area contributed by atoms with Crippen LogP contribution in [0.5, 0.6) is 0 Å². The second kappa shape index (κ2) is 8.47. The number of Topliss-reactive ketones (excluding diaryl/α,β-unsaturated/α-hetero) is 2. The summed E-state index contributed by atoms with van der Waals surface area (Å²) in [7, 11) is 4.12. The van der Waals surface area contributed by atoms with Gasteiger partial charge in [-0.1, -0.05) is 12.1 Å². The molecule has 2 aromatic carbocycles. The molecule has 3 unspecified atom stereocenters. The van der Waals surface area contributed by atoms with E-state index in [2.05, 4.69) is 30.5 Å². The maximum Gasteiger partial charge on any atom is 0.152 e. The summed E-state index contributed by atoms with van der Waals surface area (Å²) in [6.45, 7) is 5.97. The Morgan fingerprint density at radius 3 is 1.66 bits per heavy atom. The quantitative estimate of drug-likeness (QED) is 0.464. The van der Waals surface area contributed by atoms with Crippen LogP contribution in [-0.4, -0.2) is 41.2 Å². The first-order chi connectivity index (χ1) is 13.6. The smallest absolute Gasteiger partial charge is 0.152 e. The number of ketones is 2. The average Bonchev–Trinajstić information content (AvgIpc) is 2.98.